The molecule has 0 bridgehead atoms. The summed E-state index contributed by atoms with van der Waals surface area (Å²) in [5, 5.41) is 16.1. The molecule has 5 nitrogen and oxygen atoms in total. The Morgan fingerprint density at radius 1 is 1.30 bits per heavy atom. The highest BCUT2D eigenvalue weighted by atomic mass is 32.1. The second kappa shape index (κ2) is 7.15. The van der Waals surface area contributed by atoms with Gasteiger partial charge in [0.25, 0.3) is 5.91 Å². The van der Waals surface area contributed by atoms with E-state index < -0.39 is 23.6 Å². The minimum atomic E-state index is -0.712. The highest BCUT2D eigenvalue weighted by Gasteiger charge is 2.18. The van der Waals surface area contributed by atoms with Gasteiger partial charge in [-0.1, -0.05) is 13.8 Å². The summed E-state index contributed by atoms with van der Waals surface area (Å²) in [6.07, 6.45) is 0. The van der Waals surface area contributed by atoms with E-state index in [-0.39, 0.29) is 17.3 Å². The van der Waals surface area contributed by atoms with Gasteiger partial charge in [-0.15, -0.1) is 11.3 Å². The predicted molar refractivity (Wildman–Crippen MR) is 83.5 cm³/mol. The molecule has 0 aliphatic rings. The monoisotopic (exact) mass is 336 g/mol. The molecule has 0 saturated carbocycles. The van der Waals surface area contributed by atoms with Crippen LogP contribution in [0.1, 0.15) is 24.3 Å². The molecule has 0 aliphatic carbocycles. The number of nitrogens with zero attached hydrogens (tertiary/aromatic N) is 2. The van der Waals surface area contributed by atoms with Crippen LogP contribution < -0.4 is 10.6 Å². The smallest absolute Gasteiger partial charge is 0.271 e. The van der Waals surface area contributed by atoms with Crippen LogP contribution in [-0.4, -0.2) is 16.9 Å². The number of amides is 1. The Hall–Kier alpha value is -2.53. The lowest BCUT2D eigenvalue weighted by Crippen LogP contribution is -2.37. The average molecular weight is 336 g/mol. The summed E-state index contributed by atoms with van der Waals surface area (Å²) in [6, 6.07) is 4.40. The van der Waals surface area contributed by atoms with Crippen LogP contribution in [0.15, 0.2) is 23.6 Å². The van der Waals surface area contributed by atoms with Crippen molar-refractivity contribution in [2.75, 3.05) is 5.32 Å². The Morgan fingerprint density at radius 2 is 1.96 bits per heavy atom. The molecular weight excluding hydrogens is 322 g/mol. The maximum Gasteiger partial charge on any atom is 0.271 e. The van der Waals surface area contributed by atoms with Gasteiger partial charge in [0, 0.05) is 17.1 Å². The highest BCUT2D eigenvalue weighted by molar-refractivity contribution is 7.14. The van der Waals surface area contributed by atoms with Gasteiger partial charge in [0.15, 0.2) is 5.13 Å². The summed E-state index contributed by atoms with van der Waals surface area (Å²) in [5.41, 5.74) is 0.330. The van der Waals surface area contributed by atoms with Gasteiger partial charge in [-0.3, -0.25) is 4.79 Å². The number of hydrogen-bond acceptors (Lipinski definition) is 5. The van der Waals surface area contributed by atoms with Gasteiger partial charge < -0.3 is 10.6 Å². The van der Waals surface area contributed by atoms with Gasteiger partial charge in [0.1, 0.15) is 23.4 Å². The van der Waals surface area contributed by atoms with Gasteiger partial charge in [-0.05, 0) is 18.1 Å². The molecule has 0 fully saturated rings. The van der Waals surface area contributed by atoms with E-state index in [0.717, 1.165) is 29.5 Å². The van der Waals surface area contributed by atoms with E-state index in [1.807, 2.05) is 19.9 Å². The maximum atomic E-state index is 13.1. The van der Waals surface area contributed by atoms with Crippen LogP contribution in [-0.2, 0) is 0 Å². The van der Waals surface area contributed by atoms with Crippen molar-refractivity contribution in [2.45, 2.75) is 19.9 Å². The van der Waals surface area contributed by atoms with Crippen molar-refractivity contribution in [1.29, 1.82) is 5.26 Å². The van der Waals surface area contributed by atoms with E-state index in [4.69, 9.17) is 5.26 Å². The molecule has 8 heteroatoms. The molecule has 1 atom stereocenters. The molecule has 2 aromatic rings. The molecule has 0 aliphatic heterocycles. The quantitative estimate of drug-likeness (QED) is 0.877. The molecule has 2 N–H and O–H groups in total. The van der Waals surface area contributed by atoms with Crippen LogP contribution in [0.5, 0.6) is 0 Å². The van der Waals surface area contributed by atoms with Crippen LogP contribution in [0.4, 0.5) is 19.6 Å². The molecule has 1 heterocycles. The van der Waals surface area contributed by atoms with E-state index in [1.54, 1.807) is 0 Å². The highest BCUT2D eigenvalue weighted by Crippen LogP contribution is 2.22. The zero-order valence-electron chi connectivity index (χ0n) is 12.4. The zero-order chi connectivity index (χ0) is 17.0. The minimum absolute atomic E-state index is 0.0320. The van der Waals surface area contributed by atoms with Crippen LogP contribution in [0.3, 0.4) is 0 Å². The van der Waals surface area contributed by atoms with Gasteiger partial charge in [0.05, 0.1) is 6.07 Å². The Balaban J connectivity index is 2.08. The van der Waals surface area contributed by atoms with Crippen LogP contribution in [0, 0.1) is 28.9 Å². The number of nitrogens with one attached hydrogen (secondary N) is 2. The molecule has 1 amide bonds. The molecule has 1 aromatic heterocycles. The summed E-state index contributed by atoms with van der Waals surface area (Å²) in [5.74, 6) is -1.93. The number of rotatable bonds is 5. The lowest BCUT2D eigenvalue weighted by Gasteiger charge is -2.13. The van der Waals surface area contributed by atoms with E-state index >= 15 is 0 Å². The van der Waals surface area contributed by atoms with Crippen molar-refractivity contribution in [3.05, 3.63) is 40.9 Å². The Bertz CT molecular complexity index is 734. The second-order valence-corrected chi connectivity index (χ2v) is 6.00. The SMILES string of the molecule is CC(C)C(C#N)NC(=O)c1csc(Nc2cc(F)cc(F)c2)n1. The lowest BCUT2D eigenvalue weighted by atomic mass is 10.1. The van der Waals surface area contributed by atoms with Crippen LogP contribution in [0.25, 0.3) is 0 Å². The van der Waals surface area contributed by atoms with Gasteiger partial charge in [-0.2, -0.15) is 5.26 Å². The number of carbonyl (C=O) groups excluding carboxylic acids is 1. The van der Waals surface area contributed by atoms with E-state index in [2.05, 4.69) is 15.6 Å². The molecule has 0 saturated heterocycles. The van der Waals surface area contributed by atoms with Gasteiger partial charge in [0.2, 0.25) is 0 Å². The summed E-state index contributed by atoms with van der Waals surface area (Å²) >= 11 is 1.12. The normalized spacial score (nSPS) is 11.8. The summed E-state index contributed by atoms with van der Waals surface area (Å²) in [4.78, 5) is 16.1. The van der Waals surface area contributed by atoms with E-state index in [1.165, 1.54) is 5.38 Å². The summed E-state index contributed by atoms with van der Waals surface area (Å²) < 4.78 is 26.3. The molecule has 0 radical (unpaired) electrons. The predicted octanol–water partition coefficient (Wildman–Crippen LogP) is 3.44. The van der Waals surface area contributed by atoms with Crippen molar-refractivity contribution < 1.29 is 13.6 Å². The van der Waals surface area contributed by atoms with Crippen molar-refractivity contribution in [3.8, 4) is 6.07 Å². The van der Waals surface area contributed by atoms with Crippen molar-refractivity contribution in [1.82, 2.24) is 10.3 Å². The fraction of sp³-hybridized carbons (Fsp3) is 0.267. The molecule has 1 aromatic carbocycles. The van der Waals surface area contributed by atoms with Crippen LogP contribution >= 0.6 is 11.3 Å². The number of anilines is 2. The lowest BCUT2D eigenvalue weighted by molar-refractivity contribution is 0.0933. The second-order valence-electron chi connectivity index (χ2n) is 5.15. The molecule has 23 heavy (non-hydrogen) atoms. The van der Waals surface area contributed by atoms with Gasteiger partial charge >= 0.3 is 0 Å². The molecule has 1 unspecified atom stereocenters. The van der Waals surface area contributed by atoms with Crippen LogP contribution in [0.2, 0.25) is 0 Å². The first-order valence-electron chi connectivity index (χ1n) is 6.78. The average Bonchev–Trinajstić information content (AvgIpc) is 2.91. The first-order valence-corrected chi connectivity index (χ1v) is 7.66. The number of hydrogen-bond donors (Lipinski definition) is 2. The summed E-state index contributed by atoms with van der Waals surface area (Å²) in [7, 11) is 0. The Morgan fingerprint density at radius 3 is 2.52 bits per heavy atom. The number of benzene rings is 1. The molecule has 120 valence electrons. The van der Waals surface area contributed by atoms with Crippen molar-refractivity contribution >= 4 is 28.1 Å². The molecule has 0 spiro atoms. The zero-order valence-corrected chi connectivity index (χ0v) is 13.2. The number of nitriles is 1. The Labute approximate surface area is 136 Å². The third-order valence-corrected chi connectivity index (χ3v) is 3.70. The maximum absolute atomic E-state index is 13.1. The first kappa shape index (κ1) is 16.8. The largest absolute Gasteiger partial charge is 0.335 e. The first-order chi connectivity index (χ1) is 10.9. The van der Waals surface area contributed by atoms with E-state index in [9.17, 15) is 13.6 Å². The number of halogens is 2. The third kappa shape index (κ3) is 4.47. The topological polar surface area (TPSA) is 77.8 Å². The third-order valence-electron chi connectivity index (χ3n) is 2.94. The van der Waals surface area contributed by atoms with Crippen molar-refractivity contribution in [3.63, 3.8) is 0 Å². The van der Waals surface area contributed by atoms with Crippen molar-refractivity contribution in [2.24, 2.45) is 5.92 Å². The number of aromatic nitrogens is 1. The summed E-state index contributed by atoms with van der Waals surface area (Å²) in [6.45, 7) is 3.64. The molecule has 2 rings (SSSR count). The molecular formula is C15H14F2N4OS. The standard InChI is InChI=1S/C15H14F2N4OS/c1-8(2)12(6-18)20-14(22)13-7-23-15(21-13)19-11-4-9(16)3-10(17)5-11/h3-5,7-8,12H,1-2H3,(H,19,21)(H,20,22). The fourth-order valence-electron chi connectivity index (χ4n) is 1.75. The Kier molecular flexibility index (Phi) is 5.24. The fourth-order valence-corrected chi connectivity index (χ4v) is 2.46. The van der Waals surface area contributed by atoms with Gasteiger partial charge in [-0.25, -0.2) is 13.8 Å². The number of thiazole rings is 1. The number of carbonyl (C=O) groups is 1. The van der Waals surface area contributed by atoms with E-state index in [0.29, 0.717) is 5.13 Å². The minimum Gasteiger partial charge on any atom is -0.335 e.